The highest BCUT2D eigenvalue weighted by atomic mass is 32.2. The molecule has 2 aromatic rings. The van der Waals surface area contributed by atoms with Gasteiger partial charge in [-0.05, 0) is 87.5 Å². The van der Waals surface area contributed by atoms with Crippen molar-refractivity contribution in [3.05, 3.63) is 59.2 Å². The minimum Gasteiger partial charge on any atom is -0.322 e. The molecule has 1 fully saturated rings. The van der Waals surface area contributed by atoms with Crippen molar-refractivity contribution in [3.8, 4) is 0 Å². The second-order valence-electron chi connectivity index (χ2n) is 7.94. The van der Waals surface area contributed by atoms with Crippen molar-refractivity contribution in [2.24, 2.45) is 5.92 Å². The average molecular weight is 430 g/mol. The predicted octanol–water partition coefficient (Wildman–Crippen LogP) is 3.48. The molecule has 1 unspecified atom stereocenters. The molecule has 3 N–H and O–H groups in total. The van der Waals surface area contributed by atoms with Gasteiger partial charge in [0.1, 0.15) is 0 Å². The molecule has 0 aromatic heterocycles. The van der Waals surface area contributed by atoms with E-state index in [0.29, 0.717) is 23.6 Å². The number of benzene rings is 2. The molecular formula is C23H31N3O3S. The van der Waals surface area contributed by atoms with E-state index < -0.39 is 10.0 Å². The van der Waals surface area contributed by atoms with E-state index in [1.807, 2.05) is 39.0 Å². The van der Waals surface area contributed by atoms with Gasteiger partial charge in [-0.25, -0.2) is 13.1 Å². The van der Waals surface area contributed by atoms with Crippen molar-refractivity contribution >= 4 is 21.6 Å². The molecule has 3 rings (SSSR count). The Hall–Kier alpha value is -2.22. The number of aryl methyl sites for hydroxylation is 2. The molecule has 0 aliphatic carbocycles. The third-order valence-corrected chi connectivity index (χ3v) is 7.39. The van der Waals surface area contributed by atoms with Crippen molar-refractivity contribution in [3.63, 3.8) is 0 Å². The topological polar surface area (TPSA) is 87.3 Å². The molecule has 1 amide bonds. The summed E-state index contributed by atoms with van der Waals surface area (Å²) < 4.78 is 28.7. The van der Waals surface area contributed by atoms with E-state index >= 15 is 0 Å². The second-order valence-corrected chi connectivity index (χ2v) is 9.65. The molecule has 0 bridgehead atoms. The number of rotatable bonds is 7. The summed E-state index contributed by atoms with van der Waals surface area (Å²) in [5, 5.41) is 6.23. The van der Waals surface area contributed by atoms with E-state index in [2.05, 4.69) is 15.4 Å². The summed E-state index contributed by atoms with van der Waals surface area (Å²) in [6, 6.07) is 12.2. The van der Waals surface area contributed by atoms with Crippen LogP contribution < -0.4 is 15.4 Å². The van der Waals surface area contributed by atoms with Crippen LogP contribution in [0.4, 0.5) is 5.69 Å². The number of hydrogen-bond acceptors (Lipinski definition) is 4. The summed E-state index contributed by atoms with van der Waals surface area (Å²) in [5.41, 5.74) is 2.92. The molecule has 2 aromatic carbocycles. The fraction of sp³-hybridized carbons (Fsp3) is 0.435. The van der Waals surface area contributed by atoms with Crippen LogP contribution in [0.15, 0.2) is 47.4 Å². The van der Waals surface area contributed by atoms with Crippen LogP contribution in [0, 0.1) is 12.8 Å². The SMILES string of the molecule is CCc1cc(S(=O)(=O)NC(C)C2CCNCC2)ccc1NC(=O)c1ccccc1C. The number of amides is 1. The Bertz CT molecular complexity index is 999. The summed E-state index contributed by atoms with van der Waals surface area (Å²) in [4.78, 5) is 12.9. The first-order valence-electron chi connectivity index (χ1n) is 10.5. The van der Waals surface area contributed by atoms with Crippen LogP contribution in [-0.4, -0.2) is 33.5 Å². The number of nitrogens with one attached hydrogen (secondary N) is 3. The number of hydrogen-bond donors (Lipinski definition) is 3. The van der Waals surface area contributed by atoms with Crippen LogP contribution in [0.25, 0.3) is 0 Å². The molecule has 1 saturated heterocycles. The van der Waals surface area contributed by atoms with Crippen molar-refractivity contribution in [1.82, 2.24) is 10.0 Å². The third kappa shape index (κ3) is 5.28. The van der Waals surface area contributed by atoms with E-state index in [-0.39, 0.29) is 16.8 Å². The molecule has 0 radical (unpaired) electrons. The smallest absolute Gasteiger partial charge is 0.255 e. The maximum Gasteiger partial charge on any atom is 0.255 e. The van der Waals surface area contributed by atoms with Gasteiger partial charge in [0, 0.05) is 17.3 Å². The third-order valence-electron chi connectivity index (χ3n) is 5.84. The van der Waals surface area contributed by atoms with Crippen LogP contribution in [-0.2, 0) is 16.4 Å². The number of sulfonamides is 1. The van der Waals surface area contributed by atoms with E-state index in [0.717, 1.165) is 37.1 Å². The van der Waals surface area contributed by atoms with Crippen LogP contribution in [0.1, 0.15) is 48.2 Å². The Labute approximate surface area is 179 Å². The van der Waals surface area contributed by atoms with Gasteiger partial charge in [0.15, 0.2) is 0 Å². The lowest BCUT2D eigenvalue weighted by Gasteiger charge is -2.28. The first-order chi connectivity index (χ1) is 14.3. The monoisotopic (exact) mass is 429 g/mol. The summed E-state index contributed by atoms with van der Waals surface area (Å²) in [7, 11) is -3.63. The van der Waals surface area contributed by atoms with Gasteiger partial charge in [0.2, 0.25) is 10.0 Å². The highest BCUT2D eigenvalue weighted by Gasteiger charge is 2.25. The molecule has 7 heteroatoms. The Morgan fingerprint density at radius 3 is 2.53 bits per heavy atom. The molecule has 162 valence electrons. The van der Waals surface area contributed by atoms with Crippen molar-refractivity contribution in [2.45, 2.75) is 51.0 Å². The van der Waals surface area contributed by atoms with Gasteiger partial charge in [-0.1, -0.05) is 25.1 Å². The molecule has 1 aliphatic heterocycles. The molecule has 0 saturated carbocycles. The lowest BCUT2D eigenvalue weighted by Crippen LogP contribution is -2.42. The van der Waals surface area contributed by atoms with E-state index in [4.69, 9.17) is 0 Å². The number of piperidine rings is 1. The molecule has 6 nitrogen and oxygen atoms in total. The van der Waals surface area contributed by atoms with Gasteiger partial charge in [-0.15, -0.1) is 0 Å². The fourth-order valence-electron chi connectivity index (χ4n) is 3.92. The summed E-state index contributed by atoms with van der Waals surface area (Å²) >= 11 is 0. The van der Waals surface area contributed by atoms with Crippen LogP contribution in [0.2, 0.25) is 0 Å². The quantitative estimate of drug-likeness (QED) is 0.629. The summed E-state index contributed by atoms with van der Waals surface area (Å²) in [6.07, 6.45) is 2.54. The van der Waals surface area contributed by atoms with Gasteiger partial charge in [0.05, 0.1) is 4.90 Å². The zero-order valence-electron chi connectivity index (χ0n) is 17.9. The van der Waals surface area contributed by atoms with E-state index in [1.54, 1.807) is 24.3 Å². The Kier molecular flexibility index (Phi) is 7.28. The maximum atomic E-state index is 12.9. The maximum absolute atomic E-state index is 12.9. The first-order valence-corrected chi connectivity index (χ1v) is 12.0. The van der Waals surface area contributed by atoms with Gasteiger partial charge in [-0.2, -0.15) is 0 Å². The van der Waals surface area contributed by atoms with Crippen LogP contribution in [0.5, 0.6) is 0 Å². The lowest BCUT2D eigenvalue weighted by molar-refractivity contribution is 0.102. The van der Waals surface area contributed by atoms with Crippen LogP contribution >= 0.6 is 0 Å². The zero-order valence-corrected chi connectivity index (χ0v) is 18.7. The summed E-state index contributed by atoms with van der Waals surface area (Å²) in [6.45, 7) is 7.61. The predicted molar refractivity (Wildman–Crippen MR) is 120 cm³/mol. The van der Waals surface area contributed by atoms with E-state index in [1.165, 1.54) is 0 Å². The molecule has 1 heterocycles. The Morgan fingerprint density at radius 1 is 1.17 bits per heavy atom. The zero-order chi connectivity index (χ0) is 21.7. The minimum atomic E-state index is -3.63. The van der Waals surface area contributed by atoms with Gasteiger partial charge < -0.3 is 10.6 Å². The fourth-order valence-corrected chi connectivity index (χ4v) is 5.28. The lowest BCUT2D eigenvalue weighted by atomic mass is 9.92. The van der Waals surface area contributed by atoms with Crippen molar-refractivity contribution in [1.29, 1.82) is 0 Å². The number of carbonyl (C=O) groups excluding carboxylic acids is 1. The number of carbonyl (C=O) groups is 1. The normalized spacial score (nSPS) is 16.2. The number of anilines is 1. The molecular weight excluding hydrogens is 398 g/mol. The average Bonchev–Trinajstić information content (AvgIpc) is 2.74. The first kappa shape index (κ1) is 22.5. The second kappa shape index (κ2) is 9.73. The largest absolute Gasteiger partial charge is 0.322 e. The summed E-state index contributed by atoms with van der Waals surface area (Å²) in [5.74, 6) is 0.135. The molecule has 30 heavy (non-hydrogen) atoms. The Balaban J connectivity index is 1.77. The molecule has 1 atom stereocenters. The van der Waals surface area contributed by atoms with Gasteiger partial charge >= 0.3 is 0 Å². The van der Waals surface area contributed by atoms with Crippen molar-refractivity contribution < 1.29 is 13.2 Å². The highest BCUT2D eigenvalue weighted by molar-refractivity contribution is 7.89. The van der Waals surface area contributed by atoms with Crippen molar-refractivity contribution in [2.75, 3.05) is 18.4 Å². The molecule has 1 aliphatic rings. The van der Waals surface area contributed by atoms with Gasteiger partial charge in [-0.3, -0.25) is 4.79 Å². The standard InChI is InChI=1S/C23H31N3O3S/c1-4-18-15-20(30(28,29)26-17(3)19-11-13-24-14-12-19)9-10-22(18)25-23(27)21-8-6-5-7-16(21)2/h5-10,15,17,19,24,26H,4,11-14H2,1-3H3,(H,25,27). The Morgan fingerprint density at radius 2 is 1.87 bits per heavy atom. The highest BCUT2D eigenvalue weighted by Crippen LogP contribution is 2.24. The van der Waals surface area contributed by atoms with E-state index in [9.17, 15) is 13.2 Å². The van der Waals surface area contributed by atoms with Crippen LogP contribution in [0.3, 0.4) is 0 Å². The van der Waals surface area contributed by atoms with Gasteiger partial charge in [0.25, 0.3) is 5.91 Å². The minimum absolute atomic E-state index is 0.123. The molecule has 0 spiro atoms.